The maximum absolute atomic E-state index is 13.1. The third kappa shape index (κ3) is 67.3. The van der Waals surface area contributed by atoms with E-state index in [0.717, 1.165) is 95.8 Å². The van der Waals surface area contributed by atoms with Crippen LogP contribution in [0.4, 0.5) is 0 Å². The highest BCUT2D eigenvalue weighted by atomic mass is 31.2. The zero-order chi connectivity index (χ0) is 69.1. The standard InChI is InChI=1S/C75H146O17P2/c1-6-10-13-16-19-22-25-27-29-30-32-34-41-46-51-56-61-75(80)92-71(65-86-73(78)59-54-49-44-39-36-35-37-42-47-52-57-68(5)9-4)67-90-94(83,84)88-63-69(76)62-87-93(81,82)89-66-70(64-85-72(77)58-53-48-43-38-24-21-18-15-12-8-3)91-74(79)60-55-50-45-40-33-31-28-26-23-20-17-14-11-7-2/h68-71,76H,6-67H2,1-5H3,(H,81,82)(H,83,84)/t68?,69-,70+,71+/m0/s1. The van der Waals surface area contributed by atoms with E-state index in [1.807, 2.05) is 0 Å². The van der Waals surface area contributed by atoms with Gasteiger partial charge in [0.15, 0.2) is 12.2 Å². The molecular weight excluding hydrogens is 1230 g/mol. The van der Waals surface area contributed by atoms with Crippen molar-refractivity contribution >= 4 is 39.5 Å². The number of aliphatic hydroxyl groups is 1. The molecule has 0 aliphatic rings. The molecule has 3 unspecified atom stereocenters. The van der Waals surface area contributed by atoms with E-state index in [1.54, 1.807) is 0 Å². The zero-order valence-electron chi connectivity index (χ0n) is 61.1. The number of phosphoric acid groups is 2. The van der Waals surface area contributed by atoms with Crippen molar-refractivity contribution in [3.05, 3.63) is 0 Å². The molecule has 0 saturated heterocycles. The number of phosphoric ester groups is 2. The average Bonchev–Trinajstić information content (AvgIpc) is 1.47. The van der Waals surface area contributed by atoms with Crippen LogP contribution in [0.5, 0.6) is 0 Å². The summed E-state index contributed by atoms with van der Waals surface area (Å²) in [5.41, 5.74) is 0. The lowest BCUT2D eigenvalue weighted by Gasteiger charge is -2.21. The van der Waals surface area contributed by atoms with Crippen molar-refractivity contribution in [2.45, 2.75) is 412 Å². The molecule has 0 heterocycles. The summed E-state index contributed by atoms with van der Waals surface area (Å²) in [6.07, 6.45) is 56.6. The first-order chi connectivity index (χ1) is 45.6. The van der Waals surface area contributed by atoms with Crippen molar-refractivity contribution < 1.29 is 80.2 Å². The largest absolute Gasteiger partial charge is 0.472 e. The first-order valence-electron chi connectivity index (χ1n) is 39.2. The Bertz CT molecular complexity index is 1810. The molecule has 19 heteroatoms. The maximum atomic E-state index is 13.1. The van der Waals surface area contributed by atoms with Gasteiger partial charge in [0.2, 0.25) is 0 Å². The number of esters is 4. The van der Waals surface area contributed by atoms with Crippen LogP contribution in [0.15, 0.2) is 0 Å². The van der Waals surface area contributed by atoms with E-state index in [1.165, 1.54) is 218 Å². The molecule has 0 bridgehead atoms. The van der Waals surface area contributed by atoms with E-state index in [-0.39, 0.29) is 25.7 Å². The smallest absolute Gasteiger partial charge is 0.462 e. The van der Waals surface area contributed by atoms with Gasteiger partial charge in [-0.1, -0.05) is 343 Å². The molecule has 0 aromatic heterocycles. The second-order valence-electron chi connectivity index (χ2n) is 27.3. The molecule has 17 nitrogen and oxygen atoms in total. The van der Waals surface area contributed by atoms with Gasteiger partial charge in [0, 0.05) is 25.7 Å². The van der Waals surface area contributed by atoms with Gasteiger partial charge in [-0.15, -0.1) is 0 Å². The van der Waals surface area contributed by atoms with E-state index < -0.39 is 97.5 Å². The second kappa shape index (κ2) is 68.2. The van der Waals surface area contributed by atoms with Crippen LogP contribution in [0.2, 0.25) is 0 Å². The lowest BCUT2D eigenvalue weighted by molar-refractivity contribution is -0.161. The highest BCUT2D eigenvalue weighted by Gasteiger charge is 2.30. The SMILES string of the molecule is CCCCCCCCCCCCCCCCCCC(=O)O[C@H](COC(=O)CCCCCCCCCCCCC(C)CC)COP(=O)(O)OC[C@@H](O)COP(=O)(O)OC[C@@H](COC(=O)CCCCCCCCCCCC)OC(=O)CCCCCCCCCCCCCCCC. The number of unbranched alkanes of at least 4 members (excludes halogenated alkanes) is 46. The Kier molecular flexibility index (Phi) is 66.8. The minimum Gasteiger partial charge on any atom is -0.462 e. The van der Waals surface area contributed by atoms with Gasteiger partial charge in [-0.2, -0.15) is 0 Å². The van der Waals surface area contributed by atoms with Crippen LogP contribution in [0.1, 0.15) is 394 Å². The Morgan fingerprint density at radius 3 is 0.755 bits per heavy atom. The fourth-order valence-electron chi connectivity index (χ4n) is 11.5. The molecule has 0 radical (unpaired) electrons. The summed E-state index contributed by atoms with van der Waals surface area (Å²) < 4.78 is 68.5. The summed E-state index contributed by atoms with van der Waals surface area (Å²) in [5, 5.41) is 10.6. The molecule has 94 heavy (non-hydrogen) atoms. The third-order valence-corrected chi connectivity index (χ3v) is 19.8. The first-order valence-corrected chi connectivity index (χ1v) is 42.2. The fraction of sp³-hybridized carbons (Fsp3) is 0.947. The predicted molar refractivity (Wildman–Crippen MR) is 382 cm³/mol. The van der Waals surface area contributed by atoms with E-state index in [2.05, 4.69) is 34.6 Å². The number of aliphatic hydroxyl groups excluding tert-OH is 1. The van der Waals surface area contributed by atoms with Crippen LogP contribution in [0, 0.1) is 5.92 Å². The van der Waals surface area contributed by atoms with Crippen molar-refractivity contribution in [3.8, 4) is 0 Å². The average molecular weight is 1380 g/mol. The normalized spacial score (nSPS) is 14.3. The molecule has 0 fully saturated rings. The van der Waals surface area contributed by atoms with Gasteiger partial charge in [-0.05, 0) is 31.6 Å². The molecule has 0 aromatic carbocycles. The molecule has 0 rings (SSSR count). The van der Waals surface area contributed by atoms with E-state index in [4.69, 9.17) is 37.0 Å². The molecule has 0 spiro atoms. The third-order valence-electron chi connectivity index (χ3n) is 17.9. The Labute approximate surface area is 575 Å². The van der Waals surface area contributed by atoms with Gasteiger partial charge in [-0.25, -0.2) is 9.13 Å². The highest BCUT2D eigenvalue weighted by Crippen LogP contribution is 2.45. The molecule has 0 aliphatic carbocycles. The second-order valence-corrected chi connectivity index (χ2v) is 30.2. The topological polar surface area (TPSA) is 237 Å². The molecule has 6 atom stereocenters. The predicted octanol–water partition coefficient (Wildman–Crippen LogP) is 22.1. The minimum atomic E-state index is -4.96. The lowest BCUT2D eigenvalue weighted by Crippen LogP contribution is -2.30. The van der Waals surface area contributed by atoms with Crippen molar-refractivity contribution in [3.63, 3.8) is 0 Å². The van der Waals surface area contributed by atoms with Crippen molar-refractivity contribution in [1.82, 2.24) is 0 Å². The quantitative estimate of drug-likeness (QED) is 0.0222. The monoisotopic (exact) mass is 1380 g/mol. The number of rotatable bonds is 75. The maximum Gasteiger partial charge on any atom is 0.472 e. The number of hydrogen-bond donors (Lipinski definition) is 3. The Hall–Kier alpha value is -1.94. The highest BCUT2D eigenvalue weighted by molar-refractivity contribution is 7.47. The van der Waals surface area contributed by atoms with Gasteiger partial charge in [0.1, 0.15) is 19.3 Å². The Balaban J connectivity index is 5.25. The van der Waals surface area contributed by atoms with Gasteiger partial charge < -0.3 is 33.8 Å². The van der Waals surface area contributed by atoms with Gasteiger partial charge in [0.25, 0.3) is 0 Å². The number of hydrogen-bond acceptors (Lipinski definition) is 15. The van der Waals surface area contributed by atoms with Gasteiger partial charge in [-0.3, -0.25) is 37.3 Å². The summed E-state index contributed by atoms with van der Waals surface area (Å²) in [4.78, 5) is 72.8. The number of carbonyl (C=O) groups excluding carboxylic acids is 4. The van der Waals surface area contributed by atoms with Crippen molar-refractivity contribution in [1.29, 1.82) is 0 Å². The van der Waals surface area contributed by atoms with Crippen LogP contribution in [-0.4, -0.2) is 96.7 Å². The van der Waals surface area contributed by atoms with Gasteiger partial charge >= 0.3 is 39.5 Å². The summed E-state index contributed by atoms with van der Waals surface area (Å²) >= 11 is 0. The van der Waals surface area contributed by atoms with Gasteiger partial charge in [0.05, 0.1) is 26.4 Å². The molecule has 0 saturated carbocycles. The van der Waals surface area contributed by atoms with E-state index in [0.29, 0.717) is 25.7 Å². The fourth-order valence-corrected chi connectivity index (χ4v) is 13.1. The zero-order valence-corrected chi connectivity index (χ0v) is 62.9. The van der Waals surface area contributed by atoms with Crippen LogP contribution in [0.25, 0.3) is 0 Å². The van der Waals surface area contributed by atoms with E-state index in [9.17, 15) is 43.2 Å². The summed E-state index contributed by atoms with van der Waals surface area (Å²) in [7, 11) is -9.91. The minimum absolute atomic E-state index is 0.108. The molecule has 0 aromatic rings. The Morgan fingerprint density at radius 2 is 0.511 bits per heavy atom. The summed E-state index contributed by atoms with van der Waals surface area (Å²) in [5.74, 6) is -1.30. The first kappa shape index (κ1) is 92.1. The van der Waals surface area contributed by atoms with Crippen molar-refractivity contribution in [2.75, 3.05) is 39.6 Å². The van der Waals surface area contributed by atoms with Crippen molar-refractivity contribution in [2.24, 2.45) is 5.92 Å². The Morgan fingerprint density at radius 1 is 0.298 bits per heavy atom. The number of ether oxygens (including phenoxy) is 4. The molecule has 558 valence electrons. The summed E-state index contributed by atoms with van der Waals surface area (Å²) in [6, 6.07) is 0. The molecule has 3 N–H and O–H groups in total. The van der Waals surface area contributed by atoms with Crippen LogP contribution in [0.3, 0.4) is 0 Å². The van der Waals surface area contributed by atoms with Crippen LogP contribution >= 0.6 is 15.6 Å². The van der Waals surface area contributed by atoms with Crippen LogP contribution in [-0.2, 0) is 65.4 Å². The molecular formula is C75H146O17P2. The lowest BCUT2D eigenvalue weighted by atomic mass is 9.99. The summed E-state index contributed by atoms with van der Waals surface area (Å²) in [6.45, 7) is 7.32. The van der Waals surface area contributed by atoms with E-state index >= 15 is 0 Å². The number of carbonyl (C=O) groups is 4. The molecule has 0 amide bonds. The molecule has 0 aliphatic heterocycles. The van der Waals surface area contributed by atoms with Crippen LogP contribution < -0.4 is 0 Å².